The molecule has 0 bridgehead atoms. The van der Waals surface area contributed by atoms with Gasteiger partial charge in [0.25, 0.3) is 0 Å². The van der Waals surface area contributed by atoms with Gasteiger partial charge in [-0.15, -0.1) is 0 Å². The highest BCUT2D eigenvalue weighted by molar-refractivity contribution is 9.10. The molecule has 0 atom stereocenters. The molecule has 1 amide bonds. The molecular formula is C9H6BrNO4S. The number of benzene rings is 1. The molecule has 0 aliphatic rings. The average molecular weight is 304 g/mol. The van der Waals surface area contributed by atoms with Gasteiger partial charge in [-0.3, -0.25) is 0 Å². The Hall–Kier alpha value is -1.34. The fourth-order valence-electron chi connectivity index (χ4n) is 1.11. The Kier molecular flexibility index (Phi) is 2.97. The van der Waals surface area contributed by atoms with Crippen LogP contribution in [-0.2, 0) is 0 Å². The second-order valence-electron chi connectivity index (χ2n) is 2.82. The Balaban J connectivity index is 2.49. The van der Waals surface area contributed by atoms with Crippen LogP contribution in [0.4, 0.5) is 4.79 Å². The molecule has 0 spiro atoms. The van der Waals surface area contributed by atoms with Crippen molar-refractivity contribution in [3.05, 3.63) is 26.3 Å². The molecule has 0 saturated carbocycles. The molecule has 5 nitrogen and oxygen atoms in total. The number of rotatable bonds is 1. The van der Waals surface area contributed by atoms with Crippen LogP contribution in [0.25, 0.3) is 10.3 Å². The summed E-state index contributed by atoms with van der Waals surface area (Å²) in [7, 11) is 1.46. The van der Waals surface area contributed by atoms with E-state index < -0.39 is 6.09 Å². The highest BCUT2D eigenvalue weighted by Crippen LogP contribution is 2.31. The maximum absolute atomic E-state index is 11.0. The van der Waals surface area contributed by atoms with Crippen molar-refractivity contribution in [1.29, 1.82) is 0 Å². The van der Waals surface area contributed by atoms with Crippen LogP contribution in [0.2, 0.25) is 0 Å². The van der Waals surface area contributed by atoms with Crippen molar-refractivity contribution < 1.29 is 13.9 Å². The summed E-state index contributed by atoms with van der Waals surface area (Å²) >= 11 is 4.18. The van der Waals surface area contributed by atoms with Crippen molar-refractivity contribution >= 4 is 43.6 Å². The number of carbonyl (C=O) groups is 1. The summed E-state index contributed by atoms with van der Waals surface area (Å²) in [6.45, 7) is 0. The van der Waals surface area contributed by atoms with Crippen molar-refractivity contribution in [3.63, 3.8) is 0 Å². The zero-order chi connectivity index (χ0) is 11.7. The van der Waals surface area contributed by atoms with E-state index in [4.69, 9.17) is 9.15 Å². The van der Waals surface area contributed by atoms with E-state index in [2.05, 4.69) is 21.2 Å². The lowest BCUT2D eigenvalue weighted by Gasteiger charge is -2.04. The van der Waals surface area contributed by atoms with Gasteiger partial charge in [-0.1, -0.05) is 11.3 Å². The third kappa shape index (κ3) is 2.10. The van der Waals surface area contributed by atoms with E-state index in [1.807, 2.05) is 0 Å². The number of ether oxygens (including phenoxy) is 1. The predicted molar refractivity (Wildman–Crippen MR) is 63.1 cm³/mol. The van der Waals surface area contributed by atoms with Crippen LogP contribution in [0.3, 0.4) is 0 Å². The first-order valence-corrected chi connectivity index (χ1v) is 5.84. The largest absolute Gasteiger partial charge is 0.414 e. The van der Waals surface area contributed by atoms with Gasteiger partial charge in [0.05, 0.1) is 9.17 Å². The summed E-state index contributed by atoms with van der Waals surface area (Å²) in [6, 6.07) is 3.16. The molecule has 1 aromatic carbocycles. The molecule has 16 heavy (non-hydrogen) atoms. The van der Waals surface area contributed by atoms with Crippen molar-refractivity contribution in [2.75, 3.05) is 7.05 Å². The highest BCUT2D eigenvalue weighted by Gasteiger charge is 2.11. The minimum absolute atomic E-state index is 0.337. The summed E-state index contributed by atoms with van der Waals surface area (Å²) in [5.41, 5.74) is 0.464. The Labute approximate surface area is 102 Å². The standard InChI is InChI=1S/C9H6BrNO4S/c1-11-8(12)14-5-3-7-6(2-4(5)10)15-9(13)16-7/h2-3H,1H3,(H,11,12). The smallest absolute Gasteiger partial charge is 0.412 e. The SMILES string of the molecule is CNC(=O)Oc1cc2sc(=O)oc2cc1Br. The Bertz CT molecular complexity index is 603. The topological polar surface area (TPSA) is 68.5 Å². The molecule has 0 saturated heterocycles. The van der Waals surface area contributed by atoms with Crippen molar-refractivity contribution in [2.45, 2.75) is 0 Å². The van der Waals surface area contributed by atoms with Crippen LogP contribution in [0.15, 0.2) is 25.8 Å². The molecule has 0 radical (unpaired) electrons. The molecule has 0 fully saturated rings. The molecule has 1 heterocycles. The molecular weight excluding hydrogens is 298 g/mol. The Morgan fingerprint density at radius 1 is 1.56 bits per heavy atom. The van der Waals surface area contributed by atoms with E-state index in [1.54, 1.807) is 12.1 Å². The molecule has 2 aromatic rings. The maximum Gasteiger partial charge on any atom is 0.412 e. The molecule has 0 aliphatic carbocycles. The van der Waals surface area contributed by atoms with Gasteiger partial charge in [0.2, 0.25) is 0 Å². The van der Waals surface area contributed by atoms with Crippen LogP contribution >= 0.6 is 27.3 Å². The zero-order valence-electron chi connectivity index (χ0n) is 8.07. The number of amides is 1. The van der Waals surface area contributed by atoms with Crippen molar-refractivity contribution in [3.8, 4) is 5.75 Å². The number of fused-ring (bicyclic) bond motifs is 1. The van der Waals surface area contributed by atoms with E-state index in [9.17, 15) is 9.59 Å². The average Bonchev–Trinajstić information content (AvgIpc) is 2.58. The molecule has 0 aliphatic heterocycles. The zero-order valence-corrected chi connectivity index (χ0v) is 10.5. The second-order valence-corrected chi connectivity index (χ2v) is 4.65. The van der Waals surface area contributed by atoms with Gasteiger partial charge in [-0.2, -0.15) is 0 Å². The van der Waals surface area contributed by atoms with Gasteiger partial charge in [0.15, 0.2) is 5.58 Å². The maximum atomic E-state index is 11.0. The quantitative estimate of drug-likeness (QED) is 0.878. The molecule has 1 aromatic heterocycles. The Morgan fingerprint density at radius 2 is 2.31 bits per heavy atom. The first-order valence-electron chi connectivity index (χ1n) is 4.23. The summed E-state index contributed by atoms with van der Waals surface area (Å²) in [5.74, 6) is 0.337. The van der Waals surface area contributed by atoms with Crippen LogP contribution in [0.1, 0.15) is 0 Å². The summed E-state index contributed by atoms with van der Waals surface area (Å²) in [6.07, 6.45) is -0.573. The monoisotopic (exact) mass is 303 g/mol. The first kappa shape index (κ1) is 11.2. The van der Waals surface area contributed by atoms with E-state index >= 15 is 0 Å². The van der Waals surface area contributed by atoms with Crippen molar-refractivity contribution in [1.82, 2.24) is 5.32 Å². The van der Waals surface area contributed by atoms with Crippen LogP contribution in [-0.4, -0.2) is 13.1 Å². The lowest BCUT2D eigenvalue weighted by atomic mass is 10.3. The van der Waals surface area contributed by atoms with E-state index in [0.29, 0.717) is 20.5 Å². The first-order chi connectivity index (χ1) is 7.60. The highest BCUT2D eigenvalue weighted by atomic mass is 79.9. The summed E-state index contributed by atoms with van der Waals surface area (Å²) < 4.78 is 11.1. The lowest BCUT2D eigenvalue weighted by Crippen LogP contribution is -2.22. The van der Waals surface area contributed by atoms with Gasteiger partial charge in [0, 0.05) is 19.2 Å². The summed E-state index contributed by atoms with van der Waals surface area (Å²) in [5, 5.41) is 2.33. The fourth-order valence-corrected chi connectivity index (χ4v) is 2.19. The minimum Gasteiger partial charge on any atom is -0.414 e. The number of hydrogen-bond acceptors (Lipinski definition) is 5. The van der Waals surface area contributed by atoms with Crippen molar-refractivity contribution in [2.24, 2.45) is 0 Å². The fraction of sp³-hybridized carbons (Fsp3) is 0.111. The number of hydrogen-bond donors (Lipinski definition) is 1. The van der Waals surface area contributed by atoms with Gasteiger partial charge in [-0.05, 0) is 15.9 Å². The number of nitrogens with one attached hydrogen (secondary N) is 1. The van der Waals surface area contributed by atoms with Gasteiger partial charge in [-0.25, -0.2) is 9.59 Å². The molecule has 7 heteroatoms. The number of halogens is 1. The molecule has 84 valence electrons. The molecule has 2 rings (SSSR count). The normalized spacial score (nSPS) is 10.4. The van der Waals surface area contributed by atoms with E-state index in [-0.39, 0.29) is 4.94 Å². The van der Waals surface area contributed by atoms with Gasteiger partial charge >= 0.3 is 11.0 Å². The minimum atomic E-state index is -0.573. The van der Waals surface area contributed by atoms with Gasteiger partial charge in [0.1, 0.15) is 5.75 Å². The third-order valence-corrected chi connectivity index (χ3v) is 3.20. The summed E-state index contributed by atoms with van der Waals surface area (Å²) in [4.78, 5) is 21.7. The van der Waals surface area contributed by atoms with E-state index in [0.717, 1.165) is 11.3 Å². The van der Waals surface area contributed by atoms with Crippen LogP contribution in [0, 0.1) is 0 Å². The van der Waals surface area contributed by atoms with Crippen LogP contribution in [0.5, 0.6) is 5.75 Å². The second kappa shape index (κ2) is 4.26. The van der Waals surface area contributed by atoms with E-state index in [1.165, 1.54) is 7.05 Å². The lowest BCUT2D eigenvalue weighted by molar-refractivity contribution is 0.202. The molecule has 1 N–H and O–H groups in total. The number of carbonyl (C=O) groups excluding carboxylic acids is 1. The van der Waals surface area contributed by atoms with Gasteiger partial charge < -0.3 is 14.5 Å². The predicted octanol–water partition coefficient (Wildman–Crippen LogP) is 2.34. The third-order valence-electron chi connectivity index (χ3n) is 1.79. The molecule has 0 unspecified atom stereocenters. The van der Waals surface area contributed by atoms with Crippen LogP contribution < -0.4 is 15.0 Å². The Morgan fingerprint density at radius 3 is 3.00 bits per heavy atom.